The molecule has 92 valence electrons. The van der Waals surface area contributed by atoms with Gasteiger partial charge in [-0.1, -0.05) is 12.1 Å². The molecule has 0 aliphatic rings. The van der Waals surface area contributed by atoms with Gasteiger partial charge in [-0.3, -0.25) is 9.59 Å². The number of nitrogens with zero attached hydrogens (tertiary/aromatic N) is 1. The molecule has 6 nitrogen and oxygen atoms in total. The fourth-order valence-corrected chi connectivity index (χ4v) is 1.12. The van der Waals surface area contributed by atoms with Gasteiger partial charge in [0.2, 0.25) is 5.91 Å². The molecule has 0 saturated carbocycles. The van der Waals surface area contributed by atoms with Crippen molar-refractivity contribution in [2.24, 2.45) is 11.6 Å². The minimum absolute atomic E-state index is 0.00810. The van der Waals surface area contributed by atoms with Gasteiger partial charge >= 0.3 is 0 Å². The number of hydrazine groups is 2. The van der Waals surface area contributed by atoms with Crippen LogP contribution in [0.4, 0.5) is 4.39 Å². The maximum absolute atomic E-state index is 12.6. The molecule has 1 aromatic carbocycles. The Bertz CT molecular complexity index is 407. The lowest BCUT2D eigenvalue weighted by Crippen LogP contribution is -2.53. The summed E-state index contributed by atoms with van der Waals surface area (Å²) >= 11 is 0. The molecule has 17 heavy (non-hydrogen) atoms. The van der Waals surface area contributed by atoms with Crippen LogP contribution in [0, 0.1) is 5.82 Å². The first kappa shape index (κ1) is 13.1. The monoisotopic (exact) mass is 240 g/mol. The molecule has 0 aliphatic carbocycles. The van der Waals surface area contributed by atoms with E-state index in [2.05, 4.69) is 5.43 Å². The molecule has 0 aliphatic heterocycles. The molecule has 0 unspecified atom stereocenters. The number of nitrogens with two attached hydrogens (primary N) is 2. The van der Waals surface area contributed by atoms with Crippen molar-refractivity contribution < 1.29 is 14.0 Å². The smallest absolute Gasteiger partial charge is 0.269 e. The Morgan fingerprint density at radius 3 is 2.41 bits per heavy atom. The lowest BCUT2D eigenvalue weighted by molar-refractivity contribution is -0.140. The maximum Gasteiger partial charge on any atom is 0.269 e. The van der Waals surface area contributed by atoms with E-state index in [-0.39, 0.29) is 18.8 Å². The van der Waals surface area contributed by atoms with Crippen LogP contribution in [0.5, 0.6) is 0 Å². The highest BCUT2D eigenvalue weighted by molar-refractivity contribution is 5.83. The second-order valence-corrected chi connectivity index (χ2v) is 3.31. The molecular formula is C10H13FN4O2. The second-order valence-electron chi connectivity index (χ2n) is 3.31. The first-order chi connectivity index (χ1) is 8.02. The second kappa shape index (κ2) is 5.92. The molecule has 0 heterocycles. The third-order valence-electron chi connectivity index (χ3n) is 1.97. The van der Waals surface area contributed by atoms with Gasteiger partial charge in [0.15, 0.2) is 0 Å². The lowest BCUT2D eigenvalue weighted by Gasteiger charge is -2.16. The molecule has 7 heteroatoms. The van der Waals surface area contributed by atoms with Crippen molar-refractivity contribution in [3.05, 3.63) is 35.6 Å². The van der Waals surface area contributed by atoms with E-state index in [4.69, 9.17) is 11.6 Å². The van der Waals surface area contributed by atoms with E-state index in [0.29, 0.717) is 10.7 Å². The quantitative estimate of drug-likeness (QED) is 0.360. The molecule has 0 atom stereocenters. The van der Waals surface area contributed by atoms with Crippen LogP contribution >= 0.6 is 0 Å². The number of carbonyl (C=O) groups is 2. The highest BCUT2D eigenvalue weighted by Gasteiger charge is 2.11. The lowest BCUT2D eigenvalue weighted by atomic mass is 10.1. The van der Waals surface area contributed by atoms with Gasteiger partial charge in [0.25, 0.3) is 5.91 Å². The van der Waals surface area contributed by atoms with E-state index in [1.165, 1.54) is 24.3 Å². The van der Waals surface area contributed by atoms with Crippen LogP contribution in [0.25, 0.3) is 0 Å². The summed E-state index contributed by atoms with van der Waals surface area (Å²) in [7, 11) is 0. The Kier molecular flexibility index (Phi) is 4.56. The minimum atomic E-state index is -0.613. The standard InChI is InChI=1S/C10H13FN4O2/c11-8-3-1-7(2-4-8)5-9(16)14-15(13)10(17)6-12/h1-4H,5-6,12-13H2,(H,14,16). The molecule has 0 radical (unpaired) electrons. The van der Waals surface area contributed by atoms with Gasteiger partial charge in [-0.25, -0.2) is 15.7 Å². The number of hydrogen-bond donors (Lipinski definition) is 3. The fraction of sp³-hybridized carbons (Fsp3) is 0.200. The third kappa shape index (κ3) is 4.17. The van der Waals surface area contributed by atoms with Gasteiger partial charge in [0.1, 0.15) is 5.82 Å². The van der Waals surface area contributed by atoms with Crippen LogP contribution < -0.4 is 17.0 Å². The average molecular weight is 240 g/mol. The zero-order valence-corrected chi connectivity index (χ0v) is 9.02. The highest BCUT2D eigenvalue weighted by Crippen LogP contribution is 2.03. The molecule has 0 spiro atoms. The Morgan fingerprint density at radius 1 is 1.29 bits per heavy atom. The highest BCUT2D eigenvalue weighted by atomic mass is 19.1. The van der Waals surface area contributed by atoms with Crippen molar-refractivity contribution in [1.82, 2.24) is 10.5 Å². The van der Waals surface area contributed by atoms with Crippen molar-refractivity contribution in [3.63, 3.8) is 0 Å². The summed E-state index contributed by atoms with van der Waals surface area (Å²) in [4.78, 5) is 22.4. The Balaban J connectivity index is 2.50. The number of benzene rings is 1. The van der Waals surface area contributed by atoms with Crippen molar-refractivity contribution in [2.75, 3.05) is 6.54 Å². The topological polar surface area (TPSA) is 101 Å². The summed E-state index contributed by atoms with van der Waals surface area (Å²) in [5.74, 6) is 3.74. The van der Waals surface area contributed by atoms with Gasteiger partial charge in [0.05, 0.1) is 13.0 Å². The SMILES string of the molecule is NCC(=O)N(N)NC(=O)Cc1ccc(F)cc1. The molecule has 1 rings (SSSR count). The van der Waals surface area contributed by atoms with Crippen molar-refractivity contribution in [1.29, 1.82) is 0 Å². The van der Waals surface area contributed by atoms with E-state index in [1.807, 2.05) is 0 Å². The summed E-state index contributed by atoms with van der Waals surface area (Å²) in [6.07, 6.45) is -0.00810. The first-order valence-corrected chi connectivity index (χ1v) is 4.84. The summed E-state index contributed by atoms with van der Waals surface area (Å²) in [6.45, 7) is -0.298. The van der Waals surface area contributed by atoms with Gasteiger partial charge in [-0.15, -0.1) is 0 Å². The van der Waals surface area contributed by atoms with Crippen LogP contribution in [0.15, 0.2) is 24.3 Å². The average Bonchev–Trinajstić information content (AvgIpc) is 2.30. The fourth-order valence-electron chi connectivity index (χ4n) is 1.12. The zero-order chi connectivity index (χ0) is 12.8. The Labute approximate surface area is 97.3 Å². The summed E-state index contributed by atoms with van der Waals surface area (Å²) in [5.41, 5.74) is 7.81. The molecule has 0 fully saturated rings. The molecule has 0 aromatic heterocycles. The van der Waals surface area contributed by atoms with E-state index in [9.17, 15) is 14.0 Å². The van der Waals surface area contributed by atoms with E-state index >= 15 is 0 Å². The first-order valence-electron chi connectivity index (χ1n) is 4.84. The van der Waals surface area contributed by atoms with Gasteiger partial charge in [-0.2, -0.15) is 5.12 Å². The van der Waals surface area contributed by atoms with Crippen molar-refractivity contribution in [3.8, 4) is 0 Å². The van der Waals surface area contributed by atoms with Crippen LogP contribution in [0.3, 0.4) is 0 Å². The predicted molar refractivity (Wildman–Crippen MR) is 58.3 cm³/mol. The van der Waals surface area contributed by atoms with Crippen molar-refractivity contribution in [2.45, 2.75) is 6.42 Å². The summed E-state index contributed by atoms with van der Waals surface area (Å²) < 4.78 is 12.6. The third-order valence-corrected chi connectivity index (χ3v) is 1.97. The van der Waals surface area contributed by atoms with Gasteiger partial charge in [0, 0.05) is 0 Å². The number of amides is 2. The molecular weight excluding hydrogens is 227 g/mol. The molecule has 5 N–H and O–H groups in total. The van der Waals surface area contributed by atoms with E-state index in [0.717, 1.165) is 0 Å². The number of rotatable bonds is 3. The van der Waals surface area contributed by atoms with Crippen LogP contribution in [0.1, 0.15) is 5.56 Å². The molecule has 0 saturated heterocycles. The Morgan fingerprint density at radius 2 is 1.88 bits per heavy atom. The summed E-state index contributed by atoms with van der Waals surface area (Å²) in [6, 6.07) is 5.43. The van der Waals surface area contributed by atoms with E-state index < -0.39 is 11.8 Å². The predicted octanol–water partition coefficient (Wildman–Crippen LogP) is -0.940. The molecule has 0 bridgehead atoms. The van der Waals surface area contributed by atoms with E-state index in [1.54, 1.807) is 0 Å². The van der Waals surface area contributed by atoms with Gasteiger partial charge < -0.3 is 5.73 Å². The number of carbonyl (C=O) groups excluding carboxylic acids is 2. The molecule has 1 aromatic rings. The Hall–Kier alpha value is -1.99. The maximum atomic E-state index is 12.6. The van der Waals surface area contributed by atoms with Crippen molar-refractivity contribution >= 4 is 11.8 Å². The normalized spacial score (nSPS) is 9.82. The van der Waals surface area contributed by atoms with Crippen LogP contribution in [0.2, 0.25) is 0 Å². The number of nitrogens with one attached hydrogen (secondary N) is 1. The number of hydrogen-bond acceptors (Lipinski definition) is 4. The van der Waals surface area contributed by atoms with Gasteiger partial charge in [-0.05, 0) is 17.7 Å². The summed E-state index contributed by atoms with van der Waals surface area (Å²) in [5, 5.41) is 0.534. The number of halogens is 1. The van der Waals surface area contributed by atoms with Crippen LogP contribution in [-0.4, -0.2) is 23.5 Å². The molecule has 2 amide bonds. The van der Waals surface area contributed by atoms with Crippen LogP contribution in [-0.2, 0) is 16.0 Å². The zero-order valence-electron chi connectivity index (χ0n) is 9.02. The largest absolute Gasteiger partial charge is 0.322 e. The minimum Gasteiger partial charge on any atom is -0.322 e.